The second kappa shape index (κ2) is 7.32. The summed E-state index contributed by atoms with van der Waals surface area (Å²) in [5, 5.41) is 2.99. The average molecular weight is 315 g/mol. The molecule has 1 aromatic heterocycles. The highest BCUT2D eigenvalue weighted by Crippen LogP contribution is 2.28. The summed E-state index contributed by atoms with van der Waals surface area (Å²) in [6.45, 7) is 1.76. The molecular formula is C18H19ClN2O. The van der Waals surface area contributed by atoms with Crippen molar-refractivity contribution >= 4 is 22.4 Å². The fourth-order valence-electron chi connectivity index (χ4n) is 2.53. The quantitative estimate of drug-likeness (QED) is 0.578. The Morgan fingerprint density at radius 3 is 2.91 bits per heavy atom. The minimum absolute atomic E-state index is 0.742. The fraction of sp³-hybridized carbons (Fsp3) is 0.278. The minimum atomic E-state index is 0.742. The van der Waals surface area contributed by atoms with Crippen molar-refractivity contribution in [2.24, 2.45) is 0 Å². The van der Waals surface area contributed by atoms with Crippen LogP contribution < -0.4 is 4.74 Å². The minimum Gasteiger partial charge on any atom is -0.493 e. The smallest absolute Gasteiger partial charge is 0.127 e. The average Bonchev–Trinajstić information content (AvgIpc) is 3.03. The van der Waals surface area contributed by atoms with Crippen LogP contribution in [0.3, 0.4) is 0 Å². The van der Waals surface area contributed by atoms with E-state index in [-0.39, 0.29) is 0 Å². The first-order valence-corrected chi connectivity index (χ1v) is 7.97. The molecule has 0 fully saturated rings. The Labute approximate surface area is 135 Å². The number of fused-ring (bicyclic) bond motifs is 1. The lowest BCUT2D eigenvalue weighted by Gasteiger charge is -2.09. The first-order chi connectivity index (χ1) is 10.8. The van der Waals surface area contributed by atoms with Gasteiger partial charge in [-0.05, 0) is 48.9 Å². The molecule has 0 saturated heterocycles. The lowest BCUT2D eigenvalue weighted by atomic mass is 10.1. The number of imidazole rings is 1. The molecule has 0 saturated carbocycles. The molecular weight excluding hydrogens is 296 g/mol. The molecule has 0 aliphatic heterocycles. The third kappa shape index (κ3) is 3.80. The molecule has 3 rings (SSSR count). The molecule has 3 nitrogen and oxygen atoms in total. The van der Waals surface area contributed by atoms with Gasteiger partial charge in [0.1, 0.15) is 5.75 Å². The van der Waals surface area contributed by atoms with Crippen LogP contribution in [0.5, 0.6) is 5.75 Å². The Hall–Kier alpha value is -2.00. The summed E-state index contributed by atoms with van der Waals surface area (Å²) in [4.78, 5) is 4.04. The van der Waals surface area contributed by atoms with Crippen LogP contribution >= 0.6 is 11.6 Å². The summed E-state index contributed by atoms with van der Waals surface area (Å²) in [6, 6.07) is 12.0. The molecule has 0 radical (unpaired) electrons. The molecule has 1 heterocycles. The maximum atomic E-state index is 6.03. The highest BCUT2D eigenvalue weighted by Gasteiger charge is 2.02. The summed E-state index contributed by atoms with van der Waals surface area (Å²) < 4.78 is 8.04. The summed E-state index contributed by atoms with van der Waals surface area (Å²) in [5.74, 6) is 0.934. The van der Waals surface area contributed by atoms with Crippen molar-refractivity contribution in [3.8, 4) is 5.75 Å². The number of halogens is 1. The van der Waals surface area contributed by atoms with E-state index in [4.69, 9.17) is 16.3 Å². The number of aromatic nitrogens is 2. The van der Waals surface area contributed by atoms with E-state index < -0.39 is 0 Å². The Morgan fingerprint density at radius 1 is 1.09 bits per heavy atom. The molecule has 0 amide bonds. The van der Waals surface area contributed by atoms with Gasteiger partial charge in [-0.1, -0.05) is 23.7 Å². The summed E-state index contributed by atoms with van der Waals surface area (Å²) >= 11 is 6.03. The van der Waals surface area contributed by atoms with Crippen molar-refractivity contribution in [2.75, 3.05) is 6.61 Å². The van der Waals surface area contributed by atoms with Crippen LogP contribution in [0.4, 0.5) is 0 Å². The predicted octanol–water partition coefficient (Wildman–Crippen LogP) is 4.94. The molecule has 0 spiro atoms. The van der Waals surface area contributed by atoms with E-state index in [1.54, 1.807) is 0 Å². The zero-order chi connectivity index (χ0) is 15.2. The van der Waals surface area contributed by atoms with E-state index >= 15 is 0 Å². The van der Waals surface area contributed by atoms with Crippen molar-refractivity contribution in [3.05, 3.63) is 60.1 Å². The van der Waals surface area contributed by atoms with Crippen LogP contribution in [0, 0.1) is 0 Å². The zero-order valence-electron chi connectivity index (χ0n) is 12.4. The standard InChI is InChI=1S/C18H19ClN2O/c19-16-7-8-17-15(13-16)5-4-6-18(17)22-12-3-1-2-10-21-11-9-20-14-21/h4-9,11,13-14H,1-3,10,12H2. The Morgan fingerprint density at radius 2 is 2.05 bits per heavy atom. The van der Waals surface area contributed by atoms with Crippen LogP contribution in [0.2, 0.25) is 5.02 Å². The van der Waals surface area contributed by atoms with Gasteiger partial charge < -0.3 is 9.30 Å². The zero-order valence-corrected chi connectivity index (χ0v) is 13.2. The highest BCUT2D eigenvalue weighted by atomic mass is 35.5. The van der Waals surface area contributed by atoms with Crippen LogP contribution in [0.25, 0.3) is 10.8 Å². The molecule has 0 unspecified atom stereocenters. The SMILES string of the molecule is Clc1ccc2c(OCCCCCn3ccnc3)cccc2c1. The van der Waals surface area contributed by atoms with Crippen molar-refractivity contribution in [1.29, 1.82) is 0 Å². The van der Waals surface area contributed by atoms with E-state index in [9.17, 15) is 0 Å². The van der Waals surface area contributed by atoms with Gasteiger partial charge in [-0.2, -0.15) is 0 Å². The molecule has 22 heavy (non-hydrogen) atoms. The highest BCUT2D eigenvalue weighted by molar-refractivity contribution is 6.31. The predicted molar refractivity (Wildman–Crippen MR) is 90.5 cm³/mol. The van der Waals surface area contributed by atoms with Crippen molar-refractivity contribution in [2.45, 2.75) is 25.8 Å². The van der Waals surface area contributed by atoms with E-state index in [0.717, 1.165) is 54.0 Å². The van der Waals surface area contributed by atoms with Crippen LogP contribution in [-0.2, 0) is 6.54 Å². The molecule has 114 valence electrons. The van der Waals surface area contributed by atoms with Crippen LogP contribution in [0.15, 0.2) is 55.1 Å². The molecule has 0 aliphatic rings. The molecule has 0 bridgehead atoms. The third-order valence-electron chi connectivity index (χ3n) is 3.68. The van der Waals surface area contributed by atoms with Gasteiger partial charge in [-0.3, -0.25) is 0 Å². The number of ether oxygens (including phenoxy) is 1. The number of nitrogens with zero attached hydrogens (tertiary/aromatic N) is 2. The topological polar surface area (TPSA) is 27.1 Å². The number of rotatable bonds is 7. The van der Waals surface area contributed by atoms with Crippen LogP contribution in [-0.4, -0.2) is 16.2 Å². The van der Waals surface area contributed by atoms with Gasteiger partial charge in [0.2, 0.25) is 0 Å². The number of benzene rings is 2. The first kappa shape index (κ1) is 14.9. The van der Waals surface area contributed by atoms with Gasteiger partial charge >= 0.3 is 0 Å². The first-order valence-electron chi connectivity index (χ1n) is 7.60. The number of hydrogen-bond acceptors (Lipinski definition) is 2. The van der Waals surface area contributed by atoms with Gasteiger partial charge in [-0.15, -0.1) is 0 Å². The van der Waals surface area contributed by atoms with Crippen molar-refractivity contribution in [3.63, 3.8) is 0 Å². The summed E-state index contributed by atoms with van der Waals surface area (Å²) in [7, 11) is 0. The maximum absolute atomic E-state index is 6.03. The maximum Gasteiger partial charge on any atom is 0.127 e. The van der Waals surface area contributed by atoms with E-state index in [1.165, 1.54) is 0 Å². The van der Waals surface area contributed by atoms with Crippen molar-refractivity contribution < 1.29 is 4.74 Å². The molecule has 0 N–H and O–H groups in total. The number of aryl methyl sites for hydroxylation is 1. The van der Waals surface area contributed by atoms with E-state index in [2.05, 4.69) is 15.6 Å². The van der Waals surface area contributed by atoms with Gasteiger partial charge in [0.05, 0.1) is 12.9 Å². The number of hydrogen-bond donors (Lipinski definition) is 0. The molecule has 3 aromatic rings. The lowest BCUT2D eigenvalue weighted by molar-refractivity contribution is 0.307. The number of unbranched alkanes of at least 4 members (excludes halogenated alkanes) is 2. The molecule has 2 aromatic carbocycles. The van der Waals surface area contributed by atoms with Crippen molar-refractivity contribution in [1.82, 2.24) is 9.55 Å². The monoisotopic (exact) mass is 314 g/mol. The second-order valence-corrected chi connectivity index (χ2v) is 5.77. The normalized spacial score (nSPS) is 11.0. The van der Waals surface area contributed by atoms with Gasteiger partial charge in [0, 0.05) is 29.3 Å². The lowest BCUT2D eigenvalue weighted by Crippen LogP contribution is -2.00. The van der Waals surface area contributed by atoms with Gasteiger partial charge in [-0.25, -0.2) is 4.98 Å². The largest absolute Gasteiger partial charge is 0.493 e. The van der Waals surface area contributed by atoms with E-state index in [0.29, 0.717) is 0 Å². The molecule has 0 aliphatic carbocycles. The Balaban J connectivity index is 1.47. The van der Waals surface area contributed by atoms with Gasteiger partial charge in [0.25, 0.3) is 0 Å². The van der Waals surface area contributed by atoms with E-state index in [1.807, 2.05) is 49.1 Å². The van der Waals surface area contributed by atoms with Gasteiger partial charge in [0.15, 0.2) is 0 Å². The fourth-order valence-corrected chi connectivity index (χ4v) is 2.71. The third-order valence-corrected chi connectivity index (χ3v) is 3.91. The summed E-state index contributed by atoms with van der Waals surface area (Å²) in [6.07, 6.45) is 9.02. The molecule has 4 heteroatoms. The summed E-state index contributed by atoms with van der Waals surface area (Å²) in [5.41, 5.74) is 0. The molecule has 0 atom stereocenters. The second-order valence-electron chi connectivity index (χ2n) is 5.33. The Kier molecular flexibility index (Phi) is 4.96. The van der Waals surface area contributed by atoms with Crippen LogP contribution in [0.1, 0.15) is 19.3 Å². The Bertz CT molecular complexity index is 725.